The molecule has 2 amide bonds. The second kappa shape index (κ2) is 8.98. The molecule has 1 N–H and O–H groups in total. The fourth-order valence-corrected chi connectivity index (χ4v) is 5.74. The Morgan fingerprint density at radius 3 is 2.66 bits per heavy atom. The number of hydrogen-bond acceptors (Lipinski definition) is 6. The molecular formula is C24H34N2O6. The molecule has 2 saturated heterocycles. The maximum Gasteiger partial charge on any atom is 0.313 e. The molecule has 1 spiro atoms. The fourth-order valence-electron chi connectivity index (χ4n) is 5.74. The lowest BCUT2D eigenvalue weighted by Gasteiger charge is -2.37. The van der Waals surface area contributed by atoms with Crippen LogP contribution in [-0.4, -0.2) is 82.8 Å². The first kappa shape index (κ1) is 23.0. The van der Waals surface area contributed by atoms with Gasteiger partial charge in [0.15, 0.2) is 0 Å². The van der Waals surface area contributed by atoms with Crippen LogP contribution < -0.4 is 0 Å². The van der Waals surface area contributed by atoms with Crippen molar-refractivity contribution in [2.24, 2.45) is 11.8 Å². The summed E-state index contributed by atoms with van der Waals surface area (Å²) in [5.74, 6) is -2.75. The molecule has 1 unspecified atom stereocenters. The number of unbranched alkanes of at least 4 members (excludes halogenated alkanes) is 1. The van der Waals surface area contributed by atoms with E-state index in [1.54, 1.807) is 4.90 Å². The topological polar surface area (TPSA) is 96.4 Å². The number of hydrogen-bond donors (Lipinski definition) is 1. The lowest BCUT2D eigenvalue weighted by molar-refractivity contribution is -0.160. The maximum atomic E-state index is 13.7. The van der Waals surface area contributed by atoms with E-state index in [0.717, 1.165) is 32.1 Å². The molecule has 0 aromatic rings. The molecular weight excluding hydrogens is 412 g/mol. The number of cyclic esters (lactones) is 1. The van der Waals surface area contributed by atoms with Crippen LogP contribution in [0, 0.1) is 11.8 Å². The van der Waals surface area contributed by atoms with Crippen LogP contribution >= 0.6 is 0 Å². The van der Waals surface area contributed by atoms with E-state index >= 15 is 0 Å². The SMILES string of the molecule is CCCCN1CC=C[C@]23O[C@@]4(C)/C=C\CCCCOC(=O)[C@H]4[C@H]2C(=O)N(CCO)C3C1=O. The van der Waals surface area contributed by atoms with E-state index in [-0.39, 0.29) is 25.0 Å². The number of carbonyl (C=O) groups is 3. The second-order valence-electron chi connectivity index (χ2n) is 9.36. The molecule has 5 atom stereocenters. The fraction of sp³-hybridized carbons (Fsp3) is 0.708. The number of nitrogens with zero attached hydrogens (tertiary/aromatic N) is 2. The molecule has 4 rings (SSSR count). The predicted molar refractivity (Wildman–Crippen MR) is 116 cm³/mol. The lowest BCUT2D eigenvalue weighted by Crippen LogP contribution is -2.56. The van der Waals surface area contributed by atoms with Crippen LogP contribution in [0.2, 0.25) is 0 Å². The number of ether oxygens (including phenoxy) is 2. The highest BCUT2D eigenvalue weighted by Gasteiger charge is 2.74. The number of aliphatic hydroxyl groups excluding tert-OH is 1. The van der Waals surface area contributed by atoms with Gasteiger partial charge >= 0.3 is 5.97 Å². The van der Waals surface area contributed by atoms with E-state index in [1.807, 2.05) is 31.2 Å². The highest BCUT2D eigenvalue weighted by molar-refractivity contribution is 5.99. The summed E-state index contributed by atoms with van der Waals surface area (Å²) < 4.78 is 12.2. The van der Waals surface area contributed by atoms with Gasteiger partial charge in [-0.1, -0.05) is 37.6 Å². The third-order valence-electron chi connectivity index (χ3n) is 7.21. The highest BCUT2D eigenvalue weighted by atomic mass is 16.6. The monoisotopic (exact) mass is 446 g/mol. The molecule has 0 aliphatic carbocycles. The first-order valence-corrected chi connectivity index (χ1v) is 11.8. The van der Waals surface area contributed by atoms with Crippen molar-refractivity contribution < 1.29 is 29.0 Å². The molecule has 8 nitrogen and oxygen atoms in total. The van der Waals surface area contributed by atoms with Gasteiger partial charge in [0.25, 0.3) is 0 Å². The zero-order valence-corrected chi connectivity index (χ0v) is 19.0. The van der Waals surface area contributed by atoms with E-state index in [9.17, 15) is 19.5 Å². The van der Waals surface area contributed by atoms with Gasteiger partial charge in [0.1, 0.15) is 17.6 Å². The summed E-state index contributed by atoms with van der Waals surface area (Å²) in [6.07, 6.45) is 11.9. The van der Waals surface area contributed by atoms with Crippen molar-refractivity contribution in [3.05, 3.63) is 24.3 Å². The van der Waals surface area contributed by atoms with E-state index in [4.69, 9.17) is 9.47 Å². The van der Waals surface area contributed by atoms with Gasteiger partial charge in [-0.05, 0) is 32.6 Å². The molecule has 2 fully saturated rings. The number of amides is 2. The van der Waals surface area contributed by atoms with Gasteiger partial charge in [-0.2, -0.15) is 0 Å². The Balaban J connectivity index is 1.82. The van der Waals surface area contributed by atoms with Gasteiger partial charge in [-0.25, -0.2) is 0 Å². The molecule has 176 valence electrons. The first-order chi connectivity index (χ1) is 15.4. The van der Waals surface area contributed by atoms with Crippen molar-refractivity contribution >= 4 is 17.8 Å². The van der Waals surface area contributed by atoms with Crippen LogP contribution in [-0.2, 0) is 23.9 Å². The summed E-state index contributed by atoms with van der Waals surface area (Å²) >= 11 is 0. The summed E-state index contributed by atoms with van der Waals surface area (Å²) in [7, 11) is 0. The number of carbonyl (C=O) groups excluding carboxylic acids is 3. The Morgan fingerprint density at radius 2 is 1.91 bits per heavy atom. The van der Waals surface area contributed by atoms with Crippen LogP contribution in [0.25, 0.3) is 0 Å². The average molecular weight is 447 g/mol. The van der Waals surface area contributed by atoms with E-state index < -0.39 is 35.0 Å². The maximum absolute atomic E-state index is 13.7. The van der Waals surface area contributed by atoms with Gasteiger partial charge < -0.3 is 24.4 Å². The van der Waals surface area contributed by atoms with Crippen molar-refractivity contribution in [2.75, 3.05) is 32.8 Å². The molecule has 0 aromatic heterocycles. The summed E-state index contributed by atoms with van der Waals surface area (Å²) in [6.45, 7) is 4.92. The number of allylic oxidation sites excluding steroid dienone is 1. The number of rotatable bonds is 5. The zero-order valence-electron chi connectivity index (χ0n) is 19.0. The van der Waals surface area contributed by atoms with Crippen molar-refractivity contribution in [3.63, 3.8) is 0 Å². The number of fused-ring (bicyclic) bond motifs is 2. The van der Waals surface area contributed by atoms with Crippen LogP contribution in [0.3, 0.4) is 0 Å². The minimum Gasteiger partial charge on any atom is -0.465 e. The summed E-state index contributed by atoms with van der Waals surface area (Å²) in [5.41, 5.74) is -2.34. The van der Waals surface area contributed by atoms with Crippen LogP contribution in [0.1, 0.15) is 46.0 Å². The number of β-amino-alcohol motifs (C(OH)–C–C–N with tert-alkyl or cyclic N) is 1. The van der Waals surface area contributed by atoms with Crippen molar-refractivity contribution in [1.29, 1.82) is 0 Å². The van der Waals surface area contributed by atoms with Crippen molar-refractivity contribution in [3.8, 4) is 0 Å². The lowest BCUT2D eigenvalue weighted by atomic mass is 9.74. The Kier molecular flexibility index (Phi) is 6.45. The largest absolute Gasteiger partial charge is 0.465 e. The third-order valence-corrected chi connectivity index (χ3v) is 7.21. The smallest absolute Gasteiger partial charge is 0.313 e. The van der Waals surface area contributed by atoms with E-state index in [1.165, 1.54) is 4.90 Å². The summed E-state index contributed by atoms with van der Waals surface area (Å²) in [6, 6.07) is -0.918. The third kappa shape index (κ3) is 3.57. The summed E-state index contributed by atoms with van der Waals surface area (Å²) in [5, 5.41) is 9.66. The Morgan fingerprint density at radius 1 is 1.09 bits per heavy atom. The second-order valence-corrected chi connectivity index (χ2v) is 9.36. The van der Waals surface area contributed by atoms with Gasteiger partial charge in [0, 0.05) is 19.6 Å². The molecule has 4 aliphatic rings. The molecule has 0 bridgehead atoms. The van der Waals surface area contributed by atoms with Gasteiger partial charge in [-0.15, -0.1) is 0 Å². The molecule has 8 heteroatoms. The standard InChI is InChI=1S/C24H34N2O6/c1-3-4-12-25-13-9-11-24-17(20(28)26(14-15-27)19(24)21(25)29)18-22(30)31-16-8-6-5-7-10-23(18,2)32-24/h7,9-11,17-19,27H,3-6,8,12-16H2,1-2H3/b10-7-/t17-,18+,19?,23-,24-/m0/s1. The van der Waals surface area contributed by atoms with Crippen LogP contribution in [0.4, 0.5) is 0 Å². The van der Waals surface area contributed by atoms with E-state index in [0.29, 0.717) is 19.7 Å². The van der Waals surface area contributed by atoms with Crippen molar-refractivity contribution in [2.45, 2.75) is 63.2 Å². The average Bonchev–Trinajstić information content (AvgIpc) is 3.08. The van der Waals surface area contributed by atoms with Gasteiger partial charge in [-0.3, -0.25) is 14.4 Å². The minimum atomic E-state index is -1.28. The molecule has 4 heterocycles. The van der Waals surface area contributed by atoms with Gasteiger partial charge in [0.05, 0.1) is 24.7 Å². The molecule has 0 aromatic carbocycles. The molecule has 4 aliphatic heterocycles. The minimum absolute atomic E-state index is 0.0145. The Bertz CT molecular complexity index is 825. The van der Waals surface area contributed by atoms with Crippen molar-refractivity contribution in [1.82, 2.24) is 9.80 Å². The Hall–Kier alpha value is -2.19. The summed E-state index contributed by atoms with van der Waals surface area (Å²) in [4.78, 5) is 43.8. The van der Waals surface area contributed by atoms with Crippen LogP contribution in [0.15, 0.2) is 24.3 Å². The quantitative estimate of drug-likeness (QED) is 0.507. The van der Waals surface area contributed by atoms with Gasteiger partial charge in [0.2, 0.25) is 11.8 Å². The number of esters is 1. The normalized spacial score (nSPS) is 38.1. The zero-order chi connectivity index (χ0) is 22.9. The Labute approximate surface area is 189 Å². The van der Waals surface area contributed by atoms with Crippen LogP contribution in [0.5, 0.6) is 0 Å². The molecule has 0 radical (unpaired) electrons. The predicted octanol–water partition coefficient (Wildman–Crippen LogP) is 1.43. The highest BCUT2D eigenvalue weighted by Crippen LogP contribution is 2.56. The number of likely N-dealkylation sites (tertiary alicyclic amines) is 1. The first-order valence-electron chi connectivity index (χ1n) is 11.8. The number of aliphatic hydroxyl groups is 1. The molecule has 32 heavy (non-hydrogen) atoms. The molecule has 0 saturated carbocycles. The van der Waals surface area contributed by atoms with E-state index in [2.05, 4.69) is 6.92 Å².